The molecule has 26 heavy (non-hydrogen) atoms. The molecule has 0 amide bonds. The van der Waals surface area contributed by atoms with E-state index < -0.39 is 39.2 Å². The SMILES string of the molecule is CC(C)(O)C12CC3CC(C1)C(C(=O)OC(O)C(F)(F)S(=O)(=O)O)C(C3)C2. The van der Waals surface area contributed by atoms with Crippen molar-refractivity contribution in [1.82, 2.24) is 0 Å². The fraction of sp³-hybridized carbons (Fsp3) is 0.938. The van der Waals surface area contributed by atoms with E-state index in [0.717, 1.165) is 6.42 Å². The molecule has 10 heteroatoms. The van der Waals surface area contributed by atoms with E-state index in [-0.39, 0.29) is 17.3 Å². The van der Waals surface area contributed by atoms with Gasteiger partial charge in [-0.1, -0.05) is 0 Å². The average Bonchev–Trinajstić information content (AvgIpc) is 2.43. The highest BCUT2D eigenvalue weighted by atomic mass is 32.2. The summed E-state index contributed by atoms with van der Waals surface area (Å²) >= 11 is 0. The van der Waals surface area contributed by atoms with E-state index in [1.165, 1.54) is 0 Å². The minimum absolute atomic E-state index is 0.174. The fourth-order valence-corrected chi connectivity index (χ4v) is 5.85. The number of aliphatic hydroxyl groups excluding tert-OH is 1. The first-order valence-corrected chi connectivity index (χ1v) is 10.1. The van der Waals surface area contributed by atoms with Gasteiger partial charge in [0.1, 0.15) is 0 Å². The van der Waals surface area contributed by atoms with Crippen molar-refractivity contribution in [3.8, 4) is 0 Å². The topological polar surface area (TPSA) is 121 Å². The van der Waals surface area contributed by atoms with Crippen LogP contribution in [0.4, 0.5) is 8.78 Å². The molecule has 0 aromatic carbocycles. The maximum atomic E-state index is 13.4. The maximum absolute atomic E-state index is 13.4. The molecule has 7 nitrogen and oxygen atoms in total. The van der Waals surface area contributed by atoms with Gasteiger partial charge >= 0.3 is 21.3 Å². The van der Waals surface area contributed by atoms with Crippen LogP contribution >= 0.6 is 0 Å². The Balaban J connectivity index is 1.77. The molecule has 4 aliphatic rings. The van der Waals surface area contributed by atoms with Crippen molar-refractivity contribution in [3.05, 3.63) is 0 Å². The number of alkyl halides is 2. The van der Waals surface area contributed by atoms with Crippen molar-refractivity contribution in [2.75, 3.05) is 0 Å². The first-order chi connectivity index (χ1) is 11.7. The van der Waals surface area contributed by atoms with Crippen LogP contribution in [0.3, 0.4) is 0 Å². The van der Waals surface area contributed by atoms with Crippen LogP contribution in [0.25, 0.3) is 0 Å². The summed E-state index contributed by atoms with van der Waals surface area (Å²) in [6.07, 6.45) is 0.0969. The van der Waals surface area contributed by atoms with Crippen LogP contribution in [0.2, 0.25) is 0 Å². The van der Waals surface area contributed by atoms with Crippen molar-refractivity contribution < 1.29 is 41.5 Å². The molecule has 150 valence electrons. The van der Waals surface area contributed by atoms with Gasteiger partial charge < -0.3 is 14.9 Å². The normalized spacial score (nSPS) is 38.3. The number of aliphatic hydroxyl groups is 2. The molecule has 3 N–H and O–H groups in total. The molecule has 0 saturated heterocycles. The molecule has 3 unspecified atom stereocenters. The summed E-state index contributed by atoms with van der Waals surface area (Å²) < 4.78 is 61.1. The zero-order valence-corrected chi connectivity index (χ0v) is 15.4. The number of hydrogen-bond acceptors (Lipinski definition) is 6. The van der Waals surface area contributed by atoms with Crippen LogP contribution in [0.15, 0.2) is 0 Å². The van der Waals surface area contributed by atoms with Crippen molar-refractivity contribution >= 4 is 16.1 Å². The number of carbonyl (C=O) groups is 1. The van der Waals surface area contributed by atoms with Crippen LogP contribution < -0.4 is 0 Å². The standard InChI is InChI=1S/C16H24F2O7S/c1-14(2,21)15-5-8-3-9(6-15)11(10(4-8)7-15)12(19)25-13(20)16(17,18)26(22,23)24/h8-11,13,20-21H,3-7H2,1-2H3,(H,22,23,24). The summed E-state index contributed by atoms with van der Waals surface area (Å²) in [6, 6.07) is 0. The molecule has 0 aromatic heterocycles. The molecule has 0 aromatic rings. The zero-order valence-electron chi connectivity index (χ0n) is 14.6. The number of carbonyl (C=O) groups excluding carboxylic acids is 1. The summed E-state index contributed by atoms with van der Waals surface area (Å²) in [5.41, 5.74) is -1.27. The lowest BCUT2D eigenvalue weighted by Gasteiger charge is -2.62. The second-order valence-corrected chi connectivity index (χ2v) is 10.2. The third kappa shape index (κ3) is 2.94. The maximum Gasteiger partial charge on any atom is 0.430 e. The predicted octanol–water partition coefficient (Wildman–Crippen LogP) is 1.54. The zero-order chi connectivity index (χ0) is 19.7. The molecule has 0 spiro atoms. The number of ether oxygens (including phenoxy) is 1. The van der Waals surface area contributed by atoms with Crippen LogP contribution in [-0.2, 0) is 19.6 Å². The van der Waals surface area contributed by atoms with Crippen LogP contribution in [-0.4, -0.2) is 46.3 Å². The van der Waals surface area contributed by atoms with Crippen LogP contribution in [0.5, 0.6) is 0 Å². The summed E-state index contributed by atoms with van der Waals surface area (Å²) in [7, 11) is -5.92. The van der Waals surface area contributed by atoms with Gasteiger partial charge in [-0.3, -0.25) is 9.35 Å². The second-order valence-electron chi connectivity index (χ2n) is 8.66. The van der Waals surface area contributed by atoms with E-state index in [4.69, 9.17) is 4.55 Å². The smallest absolute Gasteiger partial charge is 0.428 e. The summed E-state index contributed by atoms with van der Waals surface area (Å²) in [5.74, 6) is -1.82. The van der Waals surface area contributed by atoms with E-state index in [9.17, 15) is 32.2 Å². The molecule has 4 saturated carbocycles. The van der Waals surface area contributed by atoms with E-state index in [0.29, 0.717) is 31.6 Å². The minimum Gasteiger partial charge on any atom is -0.428 e. The van der Waals surface area contributed by atoms with Crippen molar-refractivity contribution in [2.45, 2.75) is 63.1 Å². The number of hydrogen-bond donors (Lipinski definition) is 3. The van der Waals surface area contributed by atoms with Gasteiger partial charge in [0.2, 0.25) is 0 Å². The molecule has 3 atom stereocenters. The largest absolute Gasteiger partial charge is 0.430 e. The molecule has 4 aliphatic carbocycles. The number of halogens is 2. The summed E-state index contributed by atoms with van der Waals surface area (Å²) in [4.78, 5) is 12.4. The molecule has 4 bridgehead atoms. The highest BCUT2D eigenvalue weighted by molar-refractivity contribution is 7.86. The third-order valence-corrected chi connectivity index (χ3v) is 7.59. The Kier molecular flexibility index (Phi) is 4.46. The van der Waals surface area contributed by atoms with Gasteiger partial charge in [0, 0.05) is 0 Å². The monoisotopic (exact) mass is 398 g/mol. The quantitative estimate of drug-likeness (QED) is 0.365. The summed E-state index contributed by atoms with van der Waals surface area (Å²) in [5, 5.41) is 14.9. The predicted molar refractivity (Wildman–Crippen MR) is 84.4 cm³/mol. The van der Waals surface area contributed by atoms with Gasteiger partial charge in [-0.05, 0) is 69.1 Å². The Labute approximate surface area is 150 Å². The Morgan fingerprint density at radius 3 is 2.12 bits per heavy atom. The van der Waals surface area contributed by atoms with Gasteiger partial charge in [-0.25, -0.2) is 0 Å². The number of esters is 1. The van der Waals surface area contributed by atoms with Crippen LogP contribution in [0.1, 0.15) is 46.0 Å². The lowest BCUT2D eigenvalue weighted by Crippen LogP contribution is -2.60. The lowest BCUT2D eigenvalue weighted by molar-refractivity contribution is -0.227. The van der Waals surface area contributed by atoms with Gasteiger partial charge in [0.25, 0.3) is 6.29 Å². The second kappa shape index (κ2) is 5.83. The van der Waals surface area contributed by atoms with Gasteiger partial charge in [-0.15, -0.1) is 0 Å². The Bertz CT molecular complexity index is 684. The highest BCUT2D eigenvalue weighted by Gasteiger charge is 2.62. The molecule has 0 radical (unpaired) electrons. The third-order valence-electron chi connectivity index (χ3n) is 6.70. The lowest BCUT2D eigenvalue weighted by atomic mass is 9.43. The van der Waals surface area contributed by atoms with E-state index in [2.05, 4.69) is 4.74 Å². The minimum atomic E-state index is -5.92. The first kappa shape index (κ1) is 19.9. The Hall–Kier alpha value is -0.840. The Morgan fingerprint density at radius 1 is 1.19 bits per heavy atom. The van der Waals surface area contributed by atoms with E-state index >= 15 is 0 Å². The first-order valence-electron chi connectivity index (χ1n) is 8.64. The van der Waals surface area contributed by atoms with Crippen LogP contribution in [0, 0.1) is 29.1 Å². The van der Waals surface area contributed by atoms with Gasteiger partial charge in [0.15, 0.2) is 0 Å². The van der Waals surface area contributed by atoms with Crippen molar-refractivity contribution in [2.24, 2.45) is 29.1 Å². The van der Waals surface area contributed by atoms with Crippen molar-refractivity contribution in [3.63, 3.8) is 0 Å². The van der Waals surface area contributed by atoms with E-state index in [1.54, 1.807) is 13.8 Å². The highest BCUT2D eigenvalue weighted by Crippen LogP contribution is 2.65. The number of rotatable bonds is 5. The molecule has 4 fully saturated rings. The van der Waals surface area contributed by atoms with Gasteiger partial charge in [0.05, 0.1) is 11.5 Å². The Morgan fingerprint density at radius 2 is 1.69 bits per heavy atom. The fourth-order valence-electron chi connectivity index (χ4n) is 5.54. The van der Waals surface area contributed by atoms with Gasteiger partial charge in [-0.2, -0.15) is 17.2 Å². The summed E-state index contributed by atoms with van der Waals surface area (Å²) in [6.45, 7) is 3.48. The molecule has 0 aliphatic heterocycles. The molecular weight excluding hydrogens is 374 g/mol. The molecule has 4 rings (SSSR count). The molecule has 0 heterocycles. The average molecular weight is 398 g/mol. The van der Waals surface area contributed by atoms with E-state index in [1.807, 2.05) is 0 Å². The van der Waals surface area contributed by atoms with Crippen molar-refractivity contribution in [1.29, 1.82) is 0 Å². The molecular formula is C16H24F2O7S.